The summed E-state index contributed by atoms with van der Waals surface area (Å²) in [6.07, 6.45) is 3.82. The van der Waals surface area contributed by atoms with E-state index in [4.69, 9.17) is 5.73 Å². The topological polar surface area (TPSA) is 110 Å². The SMILES string of the molecule is C[C@@H](CO)n1c2c(c(Nc3ccccc3)c1-c1ccncc1)C(=O)C[C@@H](C(N)=O)C2. The first-order valence-electron chi connectivity index (χ1n) is 9.94. The minimum absolute atomic E-state index is 0.0824. The summed E-state index contributed by atoms with van der Waals surface area (Å²) < 4.78 is 1.96. The number of benzene rings is 1. The number of carbonyl (C=O) groups excluding carboxylic acids is 2. The van der Waals surface area contributed by atoms with Gasteiger partial charge in [-0.25, -0.2) is 0 Å². The van der Waals surface area contributed by atoms with E-state index in [2.05, 4.69) is 10.3 Å². The molecule has 2 aromatic heterocycles. The molecule has 0 aliphatic heterocycles. The van der Waals surface area contributed by atoms with Crippen LogP contribution in [0.2, 0.25) is 0 Å². The third kappa shape index (κ3) is 3.48. The number of ketones is 1. The Bertz CT molecular complexity index is 1080. The number of Topliss-reactive ketones (excluding diaryl/α,β-unsaturated/α-hetero) is 1. The minimum atomic E-state index is -0.556. The number of anilines is 2. The van der Waals surface area contributed by atoms with Gasteiger partial charge in [0.15, 0.2) is 5.78 Å². The Hall–Kier alpha value is -3.45. The number of aliphatic hydroxyl groups is 1. The van der Waals surface area contributed by atoms with Crippen molar-refractivity contribution in [1.29, 1.82) is 0 Å². The first-order chi connectivity index (χ1) is 14.5. The van der Waals surface area contributed by atoms with Crippen molar-refractivity contribution in [2.75, 3.05) is 11.9 Å². The lowest BCUT2D eigenvalue weighted by Crippen LogP contribution is -2.32. The molecule has 30 heavy (non-hydrogen) atoms. The lowest BCUT2D eigenvalue weighted by molar-refractivity contribution is -0.121. The Morgan fingerprint density at radius 1 is 1.23 bits per heavy atom. The van der Waals surface area contributed by atoms with Gasteiger partial charge in [0.1, 0.15) is 0 Å². The Kier molecular flexibility index (Phi) is 5.37. The lowest BCUT2D eigenvalue weighted by atomic mass is 9.85. The van der Waals surface area contributed by atoms with Crippen LogP contribution in [0.5, 0.6) is 0 Å². The fourth-order valence-electron chi connectivity index (χ4n) is 4.12. The van der Waals surface area contributed by atoms with Crippen molar-refractivity contribution < 1.29 is 14.7 Å². The van der Waals surface area contributed by atoms with Gasteiger partial charge in [-0.2, -0.15) is 0 Å². The summed E-state index contributed by atoms with van der Waals surface area (Å²) in [5, 5.41) is 13.4. The van der Waals surface area contributed by atoms with Gasteiger partial charge in [-0.05, 0) is 31.2 Å². The van der Waals surface area contributed by atoms with Crippen molar-refractivity contribution in [1.82, 2.24) is 9.55 Å². The molecule has 0 fully saturated rings. The summed E-state index contributed by atoms with van der Waals surface area (Å²) in [7, 11) is 0. The number of fused-ring (bicyclic) bond motifs is 1. The molecule has 0 bridgehead atoms. The van der Waals surface area contributed by atoms with E-state index in [0.29, 0.717) is 17.7 Å². The monoisotopic (exact) mass is 404 g/mol. The van der Waals surface area contributed by atoms with Crippen LogP contribution in [0.3, 0.4) is 0 Å². The second kappa shape index (κ2) is 8.12. The molecule has 0 radical (unpaired) electrons. The van der Waals surface area contributed by atoms with Crippen LogP contribution in [-0.4, -0.2) is 33.0 Å². The molecular formula is C23H24N4O3. The van der Waals surface area contributed by atoms with E-state index in [0.717, 1.165) is 22.6 Å². The van der Waals surface area contributed by atoms with Crippen molar-refractivity contribution in [2.45, 2.75) is 25.8 Å². The van der Waals surface area contributed by atoms with Crippen molar-refractivity contribution in [2.24, 2.45) is 11.7 Å². The predicted molar refractivity (Wildman–Crippen MR) is 115 cm³/mol. The Morgan fingerprint density at radius 2 is 1.93 bits per heavy atom. The van der Waals surface area contributed by atoms with Crippen molar-refractivity contribution in [3.05, 3.63) is 66.1 Å². The summed E-state index contributed by atoms with van der Waals surface area (Å²) in [5.74, 6) is -1.17. The maximum absolute atomic E-state index is 13.2. The van der Waals surface area contributed by atoms with Gasteiger partial charge in [-0.15, -0.1) is 0 Å². The van der Waals surface area contributed by atoms with Crippen LogP contribution in [0, 0.1) is 5.92 Å². The summed E-state index contributed by atoms with van der Waals surface area (Å²) in [6.45, 7) is 1.77. The molecule has 4 rings (SSSR count). The van der Waals surface area contributed by atoms with Gasteiger partial charge >= 0.3 is 0 Å². The van der Waals surface area contributed by atoms with Crippen LogP contribution in [0.15, 0.2) is 54.9 Å². The number of amides is 1. The number of nitrogens with zero attached hydrogens (tertiary/aromatic N) is 2. The number of aromatic nitrogens is 2. The third-order valence-corrected chi connectivity index (χ3v) is 5.56. The van der Waals surface area contributed by atoms with E-state index in [1.54, 1.807) is 12.4 Å². The highest BCUT2D eigenvalue weighted by molar-refractivity contribution is 6.09. The van der Waals surface area contributed by atoms with Gasteiger partial charge in [-0.1, -0.05) is 18.2 Å². The maximum Gasteiger partial charge on any atom is 0.221 e. The molecule has 2 atom stereocenters. The van der Waals surface area contributed by atoms with Gasteiger partial charge in [0.05, 0.1) is 35.5 Å². The van der Waals surface area contributed by atoms with Crippen LogP contribution in [0.4, 0.5) is 11.4 Å². The van der Waals surface area contributed by atoms with E-state index in [-0.39, 0.29) is 24.9 Å². The van der Waals surface area contributed by atoms with Crippen LogP contribution in [0.25, 0.3) is 11.3 Å². The zero-order valence-corrected chi connectivity index (χ0v) is 16.7. The Balaban J connectivity index is 2.00. The zero-order valence-electron chi connectivity index (χ0n) is 16.7. The van der Waals surface area contributed by atoms with Crippen molar-refractivity contribution >= 4 is 23.1 Å². The van der Waals surface area contributed by atoms with E-state index in [1.807, 2.05) is 54.0 Å². The van der Waals surface area contributed by atoms with Gasteiger partial charge in [0, 0.05) is 42.2 Å². The first-order valence-corrected chi connectivity index (χ1v) is 9.94. The average molecular weight is 404 g/mol. The number of hydrogen-bond donors (Lipinski definition) is 3. The number of nitrogens with one attached hydrogen (secondary N) is 1. The number of carbonyl (C=O) groups is 2. The number of nitrogens with two attached hydrogens (primary N) is 1. The highest BCUT2D eigenvalue weighted by atomic mass is 16.3. The molecule has 0 saturated carbocycles. The molecule has 0 spiro atoms. The molecule has 1 aliphatic rings. The molecule has 2 heterocycles. The van der Waals surface area contributed by atoms with Gasteiger partial charge < -0.3 is 20.7 Å². The second-order valence-electron chi connectivity index (χ2n) is 7.60. The summed E-state index contributed by atoms with van der Waals surface area (Å²) >= 11 is 0. The summed E-state index contributed by atoms with van der Waals surface area (Å²) in [6, 6.07) is 13.0. The first kappa shape index (κ1) is 19.8. The Labute approximate surface area is 174 Å². The third-order valence-electron chi connectivity index (χ3n) is 5.56. The quantitative estimate of drug-likeness (QED) is 0.585. The zero-order chi connectivity index (χ0) is 21.3. The van der Waals surface area contributed by atoms with E-state index < -0.39 is 11.8 Å². The van der Waals surface area contributed by atoms with Crippen molar-refractivity contribution in [3.8, 4) is 11.3 Å². The highest BCUT2D eigenvalue weighted by Gasteiger charge is 2.37. The molecule has 1 aromatic carbocycles. The lowest BCUT2D eigenvalue weighted by Gasteiger charge is -2.24. The summed E-state index contributed by atoms with van der Waals surface area (Å²) in [5.41, 5.74) is 10.00. The fourth-order valence-corrected chi connectivity index (χ4v) is 4.12. The molecule has 4 N–H and O–H groups in total. The van der Waals surface area contributed by atoms with Crippen LogP contribution in [-0.2, 0) is 11.2 Å². The molecule has 0 saturated heterocycles. The number of aliphatic hydroxyl groups excluding tert-OH is 1. The van der Waals surface area contributed by atoms with Crippen LogP contribution < -0.4 is 11.1 Å². The van der Waals surface area contributed by atoms with Gasteiger partial charge in [0.25, 0.3) is 0 Å². The minimum Gasteiger partial charge on any atom is -0.394 e. The molecule has 1 aliphatic carbocycles. The molecule has 3 aromatic rings. The highest BCUT2D eigenvalue weighted by Crippen LogP contribution is 2.44. The van der Waals surface area contributed by atoms with Crippen LogP contribution >= 0.6 is 0 Å². The van der Waals surface area contributed by atoms with E-state index >= 15 is 0 Å². The molecular weight excluding hydrogens is 380 g/mol. The second-order valence-corrected chi connectivity index (χ2v) is 7.60. The smallest absolute Gasteiger partial charge is 0.221 e. The maximum atomic E-state index is 13.2. The number of primary amides is 1. The number of pyridine rings is 1. The summed E-state index contributed by atoms with van der Waals surface area (Å²) in [4.78, 5) is 29.2. The van der Waals surface area contributed by atoms with Gasteiger partial charge in [0.2, 0.25) is 5.91 Å². The molecule has 0 unspecified atom stereocenters. The Morgan fingerprint density at radius 3 is 2.57 bits per heavy atom. The van der Waals surface area contributed by atoms with Crippen molar-refractivity contribution in [3.63, 3.8) is 0 Å². The fraction of sp³-hybridized carbons (Fsp3) is 0.261. The predicted octanol–water partition coefficient (Wildman–Crippen LogP) is 3.08. The van der Waals surface area contributed by atoms with Crippen LogP contribution in [0.1, 0.15) is 35.4 Å². The van der Waals surface area contributed by atoms with E-state index in [1.165, 1.54) is 0 Å². The molecule has 7 heteroatoms. The largest absolute Gasteiger partial charge is 0.394 e. The van der Waals surface area contributed by atoms with E-state index in [9.17, 15) is 14.7 Å². The standard InChI is InChI=1S/C23H24N4O3/c1-14(13-28)27-18-11-16(23(24)30)12-19(29)20(18)21(26-17-5-3-2-4-6-17)22(27)15-7-9-25-10-8-15/h2-10,14,16,26,28H,11-13H2,1H3,(H2,24,30)/t14-,16-/m0/s1. The number of hydrogen-bond acceptors (Lipinski definition) is 5. The van der Waals surface area contributed by atoms with Gasteiger partial charge in [-0.3, -0.25) is 14.6 Å². The molecule has 154 valence electrons. The number of para-hydroxylation sites is 1. The number of rotatable bonds is 6. The molecule has 1 amide bonds. The normalized spacial score (nSPS) is 16.7. The average Bonchev–Trinajstić information content (AvgIpc) is 3.09. The molecule has 7 nitrogen and oxygen atoms in total.